The van der Waals surface area contributed by atoms with Crippen molar-refractivity contribution in [1.29, 1.82) is 0 Å². The number of ether oxygens (including phenoxy) is 1. The minimum atomic E-state index is -0.838. The van der Waals surface area contributed by atoms with Crippen molar-refractivity contribution in [2.24, 2.45) is 0 Å². The molecule has 0 fully saturated rings. The van der Waals surface area contributed by atoms with Crippen molar-refractivity contribution in [1.82, 2.24) is 10.3 Å². The molecule has 0 radical (unpaired) electrons. The highest BCUT2D eigenvalue weighted by molar-refractivity contribution is 7.13. The quantitative estimate of drug-likeness (QED) is 0.536. The Kier molecular flexibility index (Phi) is 7.55. The molecule has 0 saturated heterocycles. The Morgan fingerprint density at radius 3 is 2.32 bits per heavy atom. The smallest absolute Gasteiger partial charge is 0.271 e. The molecular formula is C24H27N3O3S. The van der Waals surface area contributed by atoms with Crippen molar-refractivity contribution < 1.29 is 14.3 Å². The maximum absolute atomic E-state index is 13.8. The molecule has 3 aromatic rings. The highest BCUT2D eigenvalue weighted by atomic mass is 32.1. The van der Waals surface area contributed by atoms with E-state index < -0.39 is 6.04 Å². The molecule has 1 aromatic heterocycles. The standard InChI is InChI=1S/C24H27N3O3S/c1-16-10-12-20(13-11-16)27(24(29)22-17(2)26-18(3)31-22)21(19-8-6-5-7-9-19)23(28)25-14-15-30-4/h5-13,21H,14-15H2,1-4H3,(H,25,28). The number of thiazole rings is 1. The lowest BCUT2D eigenvalue weighted by molar-refractivity contribution is -0.122. The first kappa shape index (κ1) is 22.7. The number of nitrogens with zero attached hydrogens (tertiary/aromatic N) is 2. The number of nitrogens with one attached hydrogen (secondary N) is 1. The second-order valence-electron chi connectivity index (χ2n) is 7.26. The number of anilines is 1. The van der Waals surface area contributed by atoms with E-state index in [4.69, 9.17) is 4.74 Å². The van der Waals surface area contributed by atoms with Gasteiger partial charge in [0, 0.05) is 19.3 Å². The number of benzene rings is 2. The van der Waals surface area contributed by atoms with E-state index in [1.165, 1.54) is 11.3 Å². The predicted molar refractivity (Wildman–Crippen MR) is 124 cm³/mol. The summed E-state index contributed by atoms with van der Waals surface area (Å²) in [5.41, 5.74) is 3.11. The fraction of sp³-hybridized carbons (Fsp3) is 0.292. The second-order valence-corrected chi connectivity index (χ2v) is 8.46. The van der Waals surface area contributed by atoms with Crippen molar-refractivity contribution in [3.63, 3.8) is 0 Å². The highest BCUT2D eigenvalue weighted by Crippen LogP contribution is 2.32. The number of carbonyl (C=O) groups is 2. The number of hydrogen-bond acceptors (Lipinski definition) is 5. The van der Waals surface area contributed by atoms with Crippen LogP contribution in [0.25, 0.3) is 0 Å². The maximum Gasteiger partial charge on any atom is 0.271 e. The van der Waals surface area contributed by atoms with Gasteiger partial charge in [0.05, 0.1) is 17.3 Å². The largest absolute Gasteiger partial charge is 0.383 e. The molecule has 31 heavy (non-hydrogen) atoms. The molecular weight excluding hydrogens is 410 g/mol. The molecule has 3 rings (SSSR count). The number of carbonyl (C=O) groups excluding carboxylic acids is 2. The normalized spacial score (nSPS) is 11.7. The van der Waals surface area contributed by atoms with Crippen molar-refractivity contribution in [2.45, 2.75) is 26.8 Å². The Morgan fingerprint density at radius 1 is 1.06 bits per heavy atom. The predicted octanol–water partition coefficient (Wildman–Crippen LogP) is 4.22. The molecule has 0 spiro atoms. The van der Waals surface area contributed by atoms with Gasteiger partial charge < -0.3 is 10.1 Å². The molecule has 1 atom stereocenters. The third-order valence-electron chi connectivity index (χ3n) is 4.86. The van der Waals surface area contributed by atoms with Crippen molar-refractivity contribution in [2.75, 3.05) is 25.2 Å². The van der Waals surface area contributed by atoms with Gasteiger partial charge in [-0.05, 0) is 38.5 Å². The monoisotopic (exact) mass is 437 g/mol. The Balaban J connectivity index is 2.12. The summed E-state index contributed by atoms with van der Waals surface area (Å²) in [6.45, 7) is 6.42. The molecule has 162 valence electrons. The van der Waals surface area contributed by atoms with Crippen LogP contribution < -0.4 is 10.2 Å². The van der Waals surface area contributed by atoms with E-state index in [0.29, 0.717) is 29.4 Å². The highest BCUT2D eigenvalue weighted by Gasteiger charge is 2.34. The van der Waals surface area contributed by atoms with Crippen LogP contribution in [0.1, 0.15) is 37.5 Å². The number of aromatic nitrogens is 1. The summed E-state index contributed by atoms with van der Waals surface area (Å²) in [6, 6.07) is 16.1. The van der Waals surface area contributed by atoms with Gasteiger partial charge in [-0.1, -0.05) is 48.0 Å². The molecule has 1 heterocycles. The topological polar surface area (TPSA) is 71.5 Å². The summed E-state index contributed by atoms with van der Waals surface area (Å²) in [5, 5.41) is 3.71. The lowest BCUT2D eigenvalue weighted by atomic mass is 10.0. The van der Waals surface area contributed by atoms with E-state index in [2.05, 4.69) is 10.3 Å². The Bertz CT molecular complexity index is 1030. The van der Waals surface area contributed by atoms with Gasteiger partial charge >= 0.3 is 0 Å². The van der Waals surface area contributed by atoms with Crippen molar-refractivity contribution >= 4 is 28.8 Å². The number of amides is 2. The molecule has 1 N–H and O–H groups in total. The van der Waals surface area contributed by atoms with Crippen molar-refractivity contribution in [3.8, 4) is 0 Å². The first-order chi connectivity index (χ1) is 14.9. The number of methoxy groups -OCH3 is 1. The van der Waals surface area contributed by atoms with Gasteiger partial charge in [-0.3, -0.25) is 14.5 Å². The van der Waals surface area contributed by atoms with Gasteiger partial charge in [0.2, 0.25) is 5.91 Å². The number of hydrogen-bond donors (Lipinski definition) is 1. The minimum Gasteiger partial charge on any atom is -0.383 e. The summed E-state index contributed by atoms with van der Waals surface area (Å²) in [6.07, 6.45) is 0. The van der Waals surface area contributed by atoms with Crippen LogP contribution in [0.4, 0.5) is 5.69 Å². The fourth-order valence-corrected chi connectivity index (χ4v) is 4.21. The summed E-state index contributed by atoms with van der Waals surface area (Å²) in [7, 11) is 1.58. The zero-order valence-corrected chi connectivity index (χ0v) is 19.0. The van der Waals surface area contributed by atoms with Crippen LogP contribution in [0.15, 0.2) is 54.6 Å². The third kappa shape index (κ3) is 5.37. The average Bonchev–Trinajstić information content (AvgIpc) is 3.11. The summed E-state index contributed by atoms with van der Waals surface area (Å²) in [4.78, 5) is 33.7. The van der Waals surface area contributed by atoms with Gasteiger partial charge in [-0.15, -0.1) is 11.3 Å². The van der Waals surface area contributed by atoms with Gasteiger partial charge in [-0.25, -0.2) is 4.98 Å². The first-order valence-corrected chi connectivity index (χ1v) is 10.9. The lowest BCUT2D eigenvalue weighted by Gasteiger charge is -2.31. The van der Waals surface area contributed by atoms with Crippen LogP contribution in [0.3, 0.4) is 0 Å². The minimum absolute atomic E-state index is 0.248. The van der Waals surface area contributed by atoms with Crippen LogP contribution in [0, 0.1) is 20.8 Å². The van der Waals surface area contributed by atoms with Gasteiger partial charge in [0.1, 0.15) is 10.9 Å². The molecule has 0 bridgehead atoms. The molecule has 0 aliphatic rings. The van der Waals surface area contributed by atoms with E-state index in [1.54, 1.807) is 12.0 Å². The Labute approximate surface area is 186 Å². The van der Waals surface area contributed by atoms with Crippen LogP contribution >= 0.6 is 11.3 Å². The number of rotatable bonds is 8. The summed E-state index contributed by atoms with van der Waals surface area (Å²) < 4.78 is 5.07. The molecule has 2 aromatic carbocycles. The maximum atomic E-state index is 13.8. The SMILES string of the molecule is COCCNC(=O)C(c1ccccc1)N(C(=O)c1sc(C)nc1C)c1ccc(C)cc1. The molecule has 0 aliphatic carbocycles. The summed E-state index contributed by atoms with van der Waals surface area (Å²) in [5.74, 6) is -0.515. The van der Waals surface area contributed by atoms with E-state index in [9.17, 15) is 9.59 Å². The Hall–Kier alpha value is -3.03. The molecule has 0 aliphatic heterocycles. The van der Waals surface area contributed by atoms with Crippen LogP contribution in [0.5, 0.6) is 0 Å². The van der Waals surface area contributed by atoms with E-state index in [0.717, 1.165) is 16.1 Å². The van der Waals surface area contributed by atoms with Crippen LogP contribution in [0.2, 0.25) is 0 Å². The fourth-order valence-electron chi connectivity index (χ4n) is 3.35. The third-order valence-corrected chi connectivity index (χ3v) is 5.92. The molecule has 0 saturated carbocycles. The molecule has 7 heteroatoms. The van der Waals surface area contributed by atoms with Crippen LogP contribution in [-0.4, -0.2) is 37.1 Å². The average molecular weight is 438 g/mol. The van der Waals surface area contributed by atoms with Crippen molar-refractivity contribution in [3.05, 3.63) is 81.3 Å². The first-order valence-electron chi connectivity index (χ1n) is 10.1. The molecule has 1 unspecified atom stereocenters. The zero-order chi connectivity index (χ0) is 22.4. The van der Waals surface area contributed by atoms with E-state index >= 15 is 0 Å². The second kappa shape index (κ2) is 10.3. The molecule has 2 amide bonds. The van der Waals surface area contributed by atoms with Gasteiger partial charge in [0.25, 0.3) is 5.91 Å². The summed E-state index contributed by atoms with van der Waals surface area (Å²) >= 11 is 1.34. The van der Waals surface area contributed by atoms with Crippen LogP contribution in [-0.2, 0) is 9.53 Å². The lowest BCUT2D eigenvalue weighted by Crippen LogP contribution is -2.44. The van der Waals surface area contributed by atoms with Gasteiger partial charge in [-0.2, -0.15) is 0 Å². The number of aryl methyl sites for hydroxylation is 3. The van der Waals surface area contributed by atoms with E-state index in [1.807, 2.05) is 75.4 Å². The van der Waals surface area contributed by atoms with Gasteiger partial charge in [0.15, 0.2) is 0 Å². The van der Waals surface area contributed by atoms with E-state index in [-0.39, 0.29) is 11.8 Å². The Morgan fingerprint density at radius 2 is 1.74 bits per heavy atom. The molecule has 6 nitrogen and oxygen atoms in total. The zero-order valence-electron chi connectivity index (χ0n) is 18.2.